The number of halogens is 1. The number of hydrogen-bond donors (Lipinski definition) is 0. The molecule has 4 heteroatoms. The monoisotopic (exact) mass is 127 g/mol. The van der Waals surface area contributed by atoms with Crippen LogP contribution in [-0.4, -0.2) is 11.2 Å². The van der Waals surface area contributed by atoms with Gasteiger partial charge in [0.15, 0.2) is 0 Å². The van der Waals surface area contributed by atoms with Gasteiger partial charge in [-0.2, -0.15) is 4.39 Å². The number of nitro groups is 1. The summed E-state index contributed by atoms with van der Waals surface area (Å²) in [4.78, 5) is 8.30. The number of rotatable bonds is 1. The minimum absolute atomic E-state index is 1.16. The number of terminal acetylenes is 1. The summed E-state index contributed by atoms with van der Waals surface area (Å²) >= 11 is 0. The summed E-state index contributed by atoms with van der Waals surface area (Å²) < 4.78 is 11.7. The molecule has 3 nitrogen and oxygen atoms in total. The van der Waals surface area contributed by atoms with Gasteiger partial charge in [0.25, 0.3) is 0 Å². The molecule has 0 aliphatic carbocycles. The summed E-state index contributed by atoms with van der Waals surface area (Å²) in [6.45, 7) is 0. The van der Waals surface area contributed by atoms with Crippen molar-refractivity contribution in [2.24, 2.45) is 0 Å². The van der Waals surface area contributed by atoms with Crippen molar-refractivity contribution >= 4 is 0 Å². The zero-order chi connectivity index (χ0) is 7.28. The Hall–Kier alpha value is -1.55. The minimum atomic E-state index is -2.36. The van der Waals surface area contributed by atoms with E-state index in [9.17, 15) is 14.5 Å². The van der Waals surface area contributed by atoms with Gasteiger partial charge >= 0.3 is 6.30 Å². The first-order valence-electron chi connectivity index (χ1n) is 1.92. The zero-order valence-electron chi connectivity index (χ0n) is 4.30. The van der Waals surface area contributed by atoms with Gasteiger partial charge in [0.05, 0.1) is 4.92 Å². The first-order valence-corrected chi connectivity index (χ1v) is 1.92. The Kier molecular flexibility index (Phi) is 2.86. The van der Waals surface area contributed by atoms with Crippen molar-refractivity contribution in [2.75, 3.05) is 0 Å². The second kappa shape index (κ2) is 3.45. The molecule has 1 atom stereocenters. The predicted molar refractivity (Wildman–Crippen MR) is 28.5 cm³/mol. The van der Waals surface area contributed by atoms with Crippen LogP contribution >= 0.6 is 0 Å². The molecule has 0 amide bonds. The molecule has 0 bridgehead atoms. The Morgan fingerprint density at radius 2 is 2.33 bits per heavy atom. The Bertz CT molecular complexity index is 207. The van der Waals surface area contributed by atoms with Crippen LogP contribution in [0.4, 0.5) is 4.39 Å². The van der Waals surface area contributed by atoms with Crippen LogP contribution in [0.15, 0.2) is 0 Å². The van der Waals surface area contributed by atoms with Crippen molar-refractivity contribution < 1.29 is 9.31 Å². The van der Waals surface area contributed by atoms with Crippen LogP contribution in [0.1, 0.15) is 0 Å². The van der Waals surface area contributed by atoms with E-state index in [1.807, 2.05) is 0 Å². The molecule has 0 fully saturated rings. The molecule has 9 heavy (non-hydrogen) atoms. The van der Waals surface area contributed by atoms with Gasteiger partial charge in [-0.05, 0) is 11.8 Å². The van der Waals surface area contributed by atoms with Crippen LogP contribution in [0.25, 0.3) is 0 Å². The van der Waals surface area contributed by atoms with Crippen LogP contribution in [0, 0.1) is 34.3 Å². The summed E-state index contributed by atoms with van der Waals surface area (Å²) in [7, 11) is 0. The summed E-state index contributed by atoms with van der Waals surface area (Å²) in [5, 5.41) is 9.46. The lowest BCUT2D eigenvalue weighted by atomic mass is 10.5. The summed E-state index contributed by atoms with van der Waals surface area (Å²) in [6, 6.07) is 0. The summed E-state index contributed by atoms with van der Waals surface area (Å²) in [5.41, 5.74) is 0. The molecule has 0 saturated heterocycles. The van der Waals surface area contributed by atoms with E-state index in [0.717, 1.165) is 0 Å². The highest BCUT2D eigenvalue weighted by atomic mass is 19.1. The first-order chi connectivity index (χ1) is 4.18. The molecule has 0 aliphatic rings. The van der Waals surface area contributed by atoms with Crippen LogP contribution in [-0.2, 0) is 0 Å². The van der Waals surface area contributed by atoms with Crippen molar-refractivity contribution in [2.45, 2.75) is 6.30 Å². The molecule has 1 unspecified atom stereocenters. The highest BCUT2D eigenvalue weighted by Crippen LogP contribution is 1.86. The average Bonchev–Trinajstić information content (AvgIpc) is 1.82. The third kappa shape index (κ3) is 3.07. The van der Waals surface area contributed by atoms with Crippen molar-refractivity contribution in [1.29, 1.82) is 0 Å². The zero-order valence-corrected chi connectivity index (χ0v) is 4.30. The van der Waals surface area contributed by atoms with Gasteiger partial charge in [-0.3, -0.25) is 10.1 Å². The van der Waals surface area contributed by atoms with Crippen molar-refractivity contribution in [3.8, 4) is 24.2 Å². The Morgan fingerprint density at radius 1 is 1.78 bits per heavy atom. The van der Waals surface area contributed by atoms with Crippen molar-refractivity contribution in [3.63, 3.8) is 0 Å². The molecule has 0 N–H and O–H groups in total. The summed E-state index contributed by atoms with van der Waals surface area (Å²) in [6.07, 6.45) is 2.20. The van der Waals surface area contributed by atoms with Crippen LogP contribution in [0.2, 0.25) is 0 Å². The predicted octanol–water partition coefficient (Wildman–Crippen LogP) is 0.195. The first kappa shape index (κ1) is 7.45. The fraction of sp³-hybridized carbons (Fsp3) is 0.200. The minimum Gasteiger partial charge on any atom is -0.261 e. The van der Waals surface area contributed by atoms with Crippen LogP contribution in [0.3, 0.4) is 0 Å². The average molecular weight is 127 g/mol. The van der Waals surface area contributed by atoms with Gasteiger partial charge < -0.3 is 0 Å². The Balaban J connectivity index is 3.95. The van der Waals surface area contributed by atoms with E-state index >= 15 is 0 Å². The van der Waals surface area contributed by atoms with Gasteiger partial charge in [0.2, 0.25) is 0 Å². The van der Waals surface area contributed by atoms with Gasteiger partial charge in [-0.25, -0.2) is 0 Å². The number of hydrogen-bond acceptors (Lipinski definition) is 2. The molecule has 0 heterocycles. The highest BCUT2D eigenvalue weighted by Gasteiger charge is 2.11. The fourth-order valence-corrected chi connectivity index (χ4v) is 0.154. The molecule has 46 valence electrons. The number of alkyl halides is 1. The Morgan fingerprint density at radius 3 is 2.67 bits per heavy atom. The van der Waals surface area contributed by atoms with E-state index in [0.29, 0.717) is 0 Å². The molecule has 0 aromatic rings. The van der Waals surface area contributed by atoms with Gasteiger partial charge in [-0.1, -0.05) is 0 Å². The highest BCUT2D eigenvalue weighted by molar-refractivity contribution is 5.22. The van der Waals surface area contributed by atoms with Gasteiger partial charge in [-0.15, -0.1) is 6.42 Å². The van der Waals surface area contributed by atoms with E-state index in [4.69, 9.17) is 0 Å². The Labute approximate surface area is 51.0 Å². The molecular weight excluding hydrogens is 125 g/mol. The number of nitrogens with zero attached hydrogens (tertiary/aromatic N) is 1. The van der Waals surface area contributed by atoms with E-state index in [1.54, 1.807) is 17.8 Å². The SMILES string of the molecule is C#CC#CC(F)[N+](=O)[O-]. The molecular formula is C5H2FNO2. The molecule has 0 saturated carbocycles. The normalized spacial score (nSPS) is 10.2. The second-order valence-corrected chi connectivity index (χ2v) is 1.03. The lowest BCUT2D eigenvalue weighted by Gasteiger charge is -1.84. The third-order valence-corrected chi connectivity index (χ3v) is 0.449. The van der Waals surface area contributed by atoms with Crippen LogP contribution in [0.5, 0.6) is 0 Å². The quantitative estimate of drug-likeness (QED) is 0.218. The van der Waals surface area contributed by atoms with E-state index in [2.05, 4.69) is 6.42 Å². The lowest BCUT2D eigenvalue weighted by Crippen LogP contribution is -2.09. The van der Waals surface area contributed by atoms with E-state index < -0.39 is 11.2 Å². The standard InChI is InChI=1S/C5H2FNO2/c1-2-3-4-5(6)7(8)9/h1,5H. The molecule has 0 aromatic heterocycles. The van der Waals surface area contributed by atoms with Gasteiger partial charge in [0.1, 0.15) is 0 Å². The lowest BCUT2D eigenvalue weighted by molar-refractivity contribution is -0.535. The summed E-state index contributed by atoms with van der Waals surface area (Å²) in [5.74, 6) is 5.12. The third-order valence-electron chi connectivity index (χ3n) is 0.449. The van der Waals surface area contributed by atoms with Crippen molar-refractivity contribution in [1.82, 2.24) is 0 Å². The largest absolute Gasteiger partial charge is 0.413 e. The fourth-order valence-electron chi connectivity index (χ4n) is 0.154. The van der Waals surface area contributed by atoms with Crippen molar-refractivity contribution in [3.05, 3.63) is 10.1 Å². The smallest absolute Gasteiger partial charge is 0.261 e. The van der Waals surface area contributed by atoms with Gasteiger partial charge in [0, 0.05) is 5.92 Å². The molecule has 0 aliphatic heterocycles. The molecule has 0 aromatic carbocycles. The maximum Gasteiger partial charge on any atom is 0.413 e. The second-order valence-electron chi connectivity index (χ2n) is 1.03. The molecule has 0 radical (unpaired) electrons. The molecule has 0 spiro atoms. The topological polar surface area (TPSA) is 43.1 Å². The maximum atomic E-state index is 11.7. The molecule has 0 rings (SSSR count). The van der Waals surface area contributed by atoms with Crippen LogP contribution < -0.4 is 0 Å². The van der Waals surface area contributed by atoms with E-state index in [1.165, 1.54) is 0 Å². The maximum absolute atomic E-state index is 11.7. The van der Waals surface area contributed by atoms with E-state index in [-0.39, 0.29) is 0 Å².